The number of carbonyl (C=O) groups is 1. The van der Waals surface area contributed by atoms with E-state index in [1.54, 1.807) is 11.0 Å². The summed E-state index contributed by atoms with van der Waals surface area (Å²) in [6.45, 7) is 6.60. The third-order valence-corrected chi connectivity index (χ3v) is 4.31. The molecule has 0 aliphatic carbocycles. The lowest BCUT2D eigenvalue weighted by atomic mass is 10.0. The molecule has 1 aliphatic rings. The fourth-order valence-electron chi connectivity index (χ4n) is 2.45. The van der Waals surface area contributed by atoms with Crippen LogP contribution in [0.4, 0.5) is 4.39 Å². The Kier molecular flexibility index (Phi) is 4.35. The van der Waals surface area contributed by atoms with E-state index in [-0.39, 0.29) is 29.5 Å². The van der Waals surface area contributed by atoms with Crippen LogP contribution in [-0.2, 0) is 4.79 Å². The van der Waals surface area contributed by atoms with Gasteiger partial charge in [-0.25, -0.2) is 4.39 Å². The highest BCUT2D eigenvalue weighted by molar-refractivity contribution is 5.84. The molecule has 4 nitrogen and oxygen atoms in total. The Morgan fingerprint density at radius 1 is 1.38 bits per heavy atom. The van der Waals surface area contributed by atoms with Crippen LogP contribution in [0.2, 0.25) is 0 Å². The van der Waals surface area contributed by atoms with Gasteiger partial charge in [-0.3, -0.25) is 10.1 Å². The summed E-state index contributed by atoms with van der Waals surface area (Å²) >= 11 is 0. The molecule has 1 saturated heterocycles. The van der Waals surface area contributed by atoms with Gasteiger partial charge in [-0.05, 0) is 52.6 Å². The number of hydrogen-bond acceptors (Lipinski definition) is 3. The molecular weight excluding hydrogens is 269 g/mol. The Hall–Kier alpha value is -1.46. The smallest absolute Gasteiger partial charge is 0.241 e. The minimum absolute atomic E-state index is 0.0548. The van der Waals surface area contributed by atoms with E-state index in [0.29, 0.717) is 6.54 Å². The molecule has 5 heteroatoms. The van der Waals surface area contributed by atoms with E-state index >= 15 is 0 Å². The number of halogens is 1. The minimum Gasteiger partial charge on any atom is -0.320 e. The molecule has 0 saturated carbocycles. The quantitative estimate of drug-likeness (QED) is 0.922. The van der Waals surface area contributed by atoms with Gasteiger partial charge in [-0.2, -0.15) is 0 Å². The maximum Gasteiger partial charge on any atom is 0.241 e. The maximum atomic E-state index is 13.5. The van der Waals surface area contributed by atoms with Gasteiger partial charge >= 0.3 is 0 Å². The topological polar surface area (TPSA) is 35.6 Å². The first-order valence-electron chi connectivity index (χ1n) is 7.22. The summed E-state index contributed by atoms with van der Waals surface area (Å²) < 4.78 is 13.5. The number of rotatable bonds is 4. The van der Waals surface area contributed by atoms with E-state index in [9.17, 15) is 9.18 Å². The van der Waals surface area contributed by atoms with Gasteiger partial charge in [0, 0.05) is 12.1 Å². The second-order valence-corrected chi connectivity index (χ2v) is 6.52. The van der Waals surface area contributed by atoms with Crippen LogP contribution >= 0.6 is 0 Å². The first-order chi connectivity index (χ1) is 9.72. The monoisotopic (exact) mass is 293 g/mol. The van der Waals surface area contributed by atoms with Crippen LogP contribution in [0.5, 0.6) is 0 Å². The van der Waals surface area contributed by atoms with Gasteiger partial charge in [0.2, 0.25) is 5.91 Å². The SMILES string of the molecule is CC1NC(c2cccc(F)c2)N(CC(C)(C)N(C)C)C1=O. The predicted octanol–water partition coefficient (Wildman–Crippen LogP) is 1.98. The number of hydrogen-bond donors (Lipinski definition) is 1. The molecule has 1 aliphatic heterocycles. The predicted molar refractivity (Wildman–Crippen MR) is 81.2 cm³/mol. The average molecular weight is 293 g/mol. The second kappa shape index (κ2) is 5.73. The van der Waals surface area contributed by atoms with Crippen molar-refractivity contribution in [2.75, 3.05) is 20.6 Å². The second-order valence-electron chi connectivity index (χ2n) is 6.52. The Balaban J connectivity index is 2.29. The molecule has 1 fully saturated rings. The summed E-state index contributed by atoms with van der Waals surface area (Å²) in [5.41, 5.74) is 0.620. The summed E-state index contributed by atoms with van der Waals surface area (Å²) in [4.78, 5) is 16.3. The maximum absolute atomic E-state index is 13.5. The van der Waals surface area contributed by atoms with E-state index in [2.05, 4.69) is 24.1 Å². The van der Waals surface area contributed by atoms with Gasteiger partial charge in [-0.15, -0.1) is 0 Å². The summed E-state index contributed by atoms with van der Waals surface area (Å²) in [5.74, 6) is -0.229. The Bertz CT molecular complexity index is 530. The van der Waals surface area contributed by atoms with Gasteiger partial charge in [0.1, 0.15) is 12.0 Å². The number of nitrogens with one attached hydrogen (secondary N) is 1. The summed E-state index contributed by atoms with van der Waals surface area (Å²) in [6, 6.07) is 6.17. The van der Waals surface area contributed by atoms with Crippen molar-refractivity contribution in [3.63, 3.8) is 0 Å². The van der Waals surface area contributed by atoms with Crippen LogP contribution in [0.3, 0.4) is 0 Å². The van der Waals surface area contributed by atoms with Crippen LogP contribution in [0.15, 0.2) is 24.3 Å². The van der Waals surface area contributed by atoms with Crippen molar-refractivity contribution in [3.05, 3.63) is 35.6 Å². The van der Waals surface area contributed by atoms with E-state index < -0.39 is 0 Å². The standard InChI is InChI=1S/C16H24FN3O/c1-11-15(21)20(10-16(2,3)19(4)5)14(18-11)12-7-6-8-13(17)9-12/h6-9,11,14,18H,10H2,1-5H3. The van der Waals surface area contributed by atoms with Gasteiger partial charge in [0.25, 0.3) is 0 Å². The first kappa shape index (κ1) is 15.9. The van der Waals surface area contributed by atoms with E-state index in [4.69, 9.17) is 0 Å². The highest BCUT2D eigenvalue weighted by atomic mass is 19.1. The molecule has 1 aromatic carbocycles. The fourth-order valence-corrected chi connectivity index (χ4v) is 2.45. The number of likely N-dealkylation sites (N-methyl/N-ethyl adjacent to an activating group) is 1. The van der Waals surface area contributed by atoms with E-state index in [1.807, 2.05) is 27.1 Å². The van der Waals surface area contributed by atoms with Crippen LogP contribution in [0, 0.1) is 5.82 Å². The number of amides is 1. The van der Waals surface area contributed by atoms with Crippen LogP contribution in [0.1, 0.15) is 32.5 Å². The van der Waals surface area contributed by atoms with E-state index in [1.165, 1.54) is 12.1 Å². The zero-order valence-corrected chi connectivity index (χ0v) is 13.4. The van der Waals surface area contributed by atoms with Crippen LogP contribution < -0.4 is 5.32 Å². The van der Waals surface area contributed by atoms with Gasteiger partial charge < -0.3 is 9.80 Å². The van der Waals surface area contributed by atoms with Crippen molar-refractivity contribution in [2.45, 2.75) is 38.5 Å². The lowest BCUT2D eigenvalue weighted by molar-refractivity contribution is -0.131. The molecule has 0 radical (unpaired) electrons. The molecule has 1 amide bonds. The normalized spacial score (nSPS) is 23.2. The first-order valence-corrected chi connectivity index (χ1v) is 7.22. The lowest BCUT2D eigenvalue weighted by Gasteiger charge is -2.38. The molecule has 21 heavy (non-hydrogen) atoms. The molecule has 1 aromatic rings. The summed E-state index contributed by atoms with van der Waals surface area (Å²) in [7, 11) is 3.99. The zero-order valence-electron chi connectivity index (χ0n) is 13.4. The van der Waals surface area contributed by atoms with Gasteiger partial charge in [0.05, 0.1) is 6.04 Å². The molecule has 2 unspecified atom stereocenters. The van der Waals surface area contributed by atoms with Crippen molar-refractivity contribution in [1.82, 2.24) is 15.1 Å². The third kappa shape index (κ3) is 3.24. The van der Waals surface area contributed by atoms with Gasteiger partial charge in [-0.1, -0.05) is 12.1 Å². The van der Waals surface area contributed by atoms with Crippen molar-refractivity contribution >= 4 is 5.91 Å². The molecule has 0 bridgehead atoms. The van der Waals surface area contributed by atoms with Crippen molar-refractivity contribution in [1.29, 1.82) is 0 Å². The molecule has 1 N–H and O–H groups in total. The Morgan fingerprint density at radius 3 is 2.62 bits per heavy atom. The summed E-state index contributed by atoms with van der Waals surface area (Å²) in [6.07, 6.45) is -0.276. The molecule has 0 aromatic heterocycles. The Morgan fingerprint density at radius 2 is 2.05 bits per heavy atom. The zero-order chi connectivity index (χ0) is 15.8. The highest BCUT2D eigenvalue weighted by Crippen LogP contribution is 2.28. The largest absolute Gasteiger partial charge is 0.320 e. The molecule has 2 rings (SSSR count). The molecule has 0 spiro atoms. The molecular formula is C16H24FN3O. The molecule has 1 heterocycles. The van der Waals surface area contributed by atoms with E-state index in [0.717, 1.165) is 5.56 Å². The van der Waals surface area contributed by atoms with Crippen LogP contribution in [-0.4, -0.2) is 47.9 Å². The number of nitrogens with zero attached hydrogens (tertiary/aromatic N) is 2. The van der Waals surface area contributed by atoms with Gasteiger partial charge in [0.15, 0.2) is 0 Å². The fraction of sp³-hybridized carbons (Fsp3) is 0.562. The number of benzene rings is 1. The minimum atomic E-state index is -0.284. The number of carbonyl (C=O) groups excluding carboxylic acids is 1. The van der Waals surface area contributed by atoms with Crippen LogP contribution in [0.25, 0.3) is 0 Å². The summed E-state index contributed by atoms with van der Waals surface area (Å²) in [5, 5.41) is 3.25. The third-order valence-electron chi connectivity index (χ3n) is 4.31. The van der Waals surface area contributed by atoms with Crippen molar-refractivity contribution in [2.24, 2.45) is 0 Å². The lowest BCUT2D eigenvalue weighted by Crippen LogP contribution is -2.49. The Labute approximate surface area is 125 Å². The highest BCUT2D eigenvalue weighted by Gasteiger charge is 2.40. The van der Waals surface area contributed by atoms with Crippen molar-refractivity contribution < 1.29 is 9.18 Å². The molecule has 2 atom stereocenters. The molecule has 116 valence electrons. The van der Waals surface area contributed by atoms with Crippen molar-refractivity contribution in [3.8, 4) is 0 Å². The average Bonchev–Trinajstić information content (AvgIpc) is 2.66.